The van der Waals surface area contributed by atoms with Crippen LogP contribution in [-0.2, 0) is 0 Å². The second-order valence-corrected chi connectivity index (χ2v) is 13.4. The lowest BCUT2D eigenvalue weighted by Gasteiger charge is -2.12. The molecule has 3 heterocycles. The molecule has 3 heteroatoms. The summed E-state index contributed by atoms with van der Waals surface area (Å²) < 4.78 is 7.34. The summed E-state index contributed by atoms with van der Waals surface area (Å²) in [6, 6.07) is 68.4. The van der Waals surface area contributed by atoms with E-state index in [1.807, 2.05) is 0 Å². The third-order valence-corrected chi connectivity index (χ3v) is 10.6. The van der Waals surface area contributed by atoms with Crippen LogP contribution in [0.2, 0.25) is 0 Å². The maximum atomic E-state index is 2.48. The summed E-state index contributed by atoms with van der Waals surface area (Å²) >= 11 is 0. The van der Waals surface area contributed by atoms with E-state index in [1.54, 1.807) is 0 Å². The number of rotatable bonds is 4. The van der Waals surface area contributed by atoms with E-state index in [2.05, 4.69) is 202 Å². The molecule has 0 atom stereocenters. The molecule has 0 N–H and O–H groups in total. The van der Waals surface area contributed by atoms with E-state index in [9.17, 15) is 0 Å². The quantitative estimate of drug-likeness (QED) is 0.180. The molecule has 0 saturated heterocycles. The van der Waals surface area contributed by atoms with Crippen molar-refractivity contribution in [3.8, 4) is 28.2 Å². The average Bonchev–Trinajstić information content (AvgIpc) is 3.84. The summed E-state index contributed by atoms with van der Waals surface area (Å²) in [7, 11) is 0. The van der Waals surface area contributed by atoms with Crippen LogP contribution in [0.25, 0.3) is 93.6 Å². The molecule has 3 aromatic heterocycles. The van der Waals surface area contributed by atoms with Gasteiger partial charge in [-0.1, -0.05) is 127 Å². The van der Waals surface area contributed by atoms with Gasteiger partial charge in [-0.2, -0.15) is 0 Å². The van der Waals surface area contributed by atoms with E-state index >= 15 is 0 Å². The van der Waals surface area contributed by atoms with Crippen molar-refractivity contribution >= 4 is 65.4 Å². The minimum absolute atomic E-state index is 1.14. The molecule has 0 saturated carbocycles. The Morgan fingerprint density at radius 1 is 0.255 bits per heavy atom. The standard InChI is InChI=1S/C48H31N3/c1-3-14-32(15-4-1)33-16-13-19-35(30-33)51-43-24-11-8-21-38(43)40-28-29-45-47(48(40)51)41-22-9-12-25-44(41)50(45)36-26-27-39-37-20-7-10-23-42(37)49(46(39)31-36)34-17-5-2-6-18-34/h1-31H. The van der Waals surface area contributed by atoms with Gasteiger partial charge in [-0.3, -0.25) is 0 Å². The third kappa shape index (κ3) is 4.06. The van der Waals surface area contributed by atoms with E-state index in [-0.39, 0.29) is 0 Å². The third-order valence-electron chi connectivity index (χ3n) is 10.6. The first-order valence-electron chi connectivity index (χ1n) is 17.5. The van der Waals surface area contributed by atoms with Crippen LogP contribution in [0.15, 0.2) is 188 Å². The Morgan fingerprint density at radius 2 is 0.765 bits per heavy atom. The zero-order valence-electron chi connectivity index (χ0n) is 27.7. The summed E-state index contributed by atoms with van der Waals surface area (Å²) in [6.45, 7) is 0. The second kappa shape index (κ2) is 10.8. The van der Waals surface area contributed by atoms with Crippen LogP contribution < -0.4 is 0 Å². The van der Waals surface area contributed by atoms with Gasteiger partial charge in [0.25, 0.3) is 0 Å². The molecule has 0 aliphatic heterocycles. The van der Waals surface area contributed by atoms with Crippen LogP contribution in [0.1, 0.15) is 0 Å². The van der Waals surface area contributed by atoms with Crippen LogP contribution in [0.4, 0.5) is 0 Å². The Bertz CT molecular complexity index is 3120. The number of fused-ring (bicyclic) bond motifs is 10. The molecule has 0 amide bonds. The Hall–Kier alpha value is -6.84. The summed E-state index contributed by atoms with van der Waals surface area (Å²) in [5, 5.41) is 7.52. The van der Waals surface area contributed by atoms with Gasteiger partial charge in [0.2, 0.25) is 0 Å². The number of hydrogen-bond acceptors (Lipinski definition) is 0. The molecule has 0 radical (unpaired) electrons. The van der Waals surface area contributed by atoms with E-state index < -0.39 is 0 Å². The van der Waals surface area contributed by atoms with Gasteiger partial charge in [0.15, 0.2) is 0 Å². The lowest BCUT2D eigenvalue weighted by Crippen LogP contribution is -1.97. The highest BCUT2D eigenvalue weighted by molar-refractivity contribution is 6.26. The molecule has 0 aliphatic rings. The predicted molar refractivity (Wildman–Crippen MR) is 215 cm³/mol. The number of hydrogen-bond donors (Lipinski definition) is 0. The minimum Gasteiger partial charge on any atom is -0.309 e. The van der Waals surface area contributed by atoms with Crippen molar-refractivity contribution in [1.82, 2.24) is 13.7 Å². The fraction of sp³-hybridized carbons (Fsp3) is 0. The first kappa shape index (κ1) is 28.0. The normalized spacial score (nSPS) is 11.9. The van der Waals surface area contributed by atoms with Crippen molar-refractivity contribution in [2.75, 3.05) is 0 Å². The van der Waals surface area contributed by atoms with Crippen molar-refractivity contribution in [2.45, 2.75) is 0 Å². The lowest BCUT2D eigenvalue weighted by molar-refractivity contribution is 1.15. The summed E-state index contributed by atoms with van der Waals surface area (Å²) in [6.07, 6.45) is 0. The molecule has 8 aromatic carbocycles. The minimum atomic E-state index is 1.14. The molecule has 0 unspecified atom stereocenters. The van der Waals surface area contributed by atoms with Gasteiger partial charge in [0.1, 0.15) is 0 Å². The molecule has 0 spiro atoms. The number of nitrogens with zero attached hydrogens (tertiary/aromatic N) is 3. The predicted octanol–water partition coefficient (Wildman–Crippen LogP) is 12.6. The SMILES string of the molecule is c1ccc(-c2cccc(-n3c4ccccc4c4ccc5c(c6ccccc6n5-c5ccc6c7ccccc7n(-c7ccccc7)c6c5)c43)c2)cc1. The Labute approximate surface area is 294 Å². The zero-order valence-corrected chi connectivity index (χ0v) is 27.7. The first-order chi connectivity index (χ1) is 25.3. The first-order valence-corrected chi connectivity index (χ1v) is 17.5. The average molecular weight is 650 g/mol. The molecular weight excluding hydrogens is 619 g/mol. The van der Waals surface area contributed by atoms with E-state index in [0.29, 0.717) is 0 Å². The van der Waals surface area contributed by atoms with Crippen molar-refractivity contribution in [3.63, 3.8) is 0 Å². The summed E-state index contributed by atoms with van der Waals surface area (Å²) in [5.41, 5.74) is 13.1. The largest absolute Gasteiger partial charge is 0.309 e. The summed E-state index contributed by atoms with van der Waals surface area (Å²) in [4.78, 5) is 0. The Balaban J connectivity index is 1.24. The maximum Gasteiger partial charge on any atom is 0.0641 e. The Kier molecular flexibility index (Phi) is 5.96. The van der Waals surface area contributed by atoms with Gasteiger partial charge in [0.05, 0.1) is 33.1 Å². The monoisotopic (exact) mass is 649 g/mol. The van der Waals surface area contributed by atoms with Crippen LogP contribution in [-0.4, -0.2) is 13.7 Å². The van der Waals surface area contributed by atoms with Crippen LogP contribution in [0.5, 0.6) is 0 Å². The van der Waals surface area contributed by atoms with Gasteiger partial charge in [-0.05, 0) is 71.8 Å². The molecule has 0 fully saturated rings. The molecule has 51 heavy (non-hydrogen) atoms. The van der Waals surface area contributed by atoms with Crippen LogP contribution in [0, 0.1) is 0 Å². The zero-order chi connectivity index (χ0) is 33.5. The van der Waals surface area contributed by atoms with Crippen LogP contribution >= 0.6 is 0 Å². The molecule has 3 nitrogen and oxygen atoms in total. The molecule has 11 rings (SSSR count). The van der Waals surface area contributed by atoms with Crippen molar-refractivity contribution < 1.29 is 0 Å². The van der Waals surface area contributed by atoms with Crippen molar-refractivity contribution in [2.24, 2.45) is 0 Å². The van der Waals surface area contributed by atoms with E-state index in [1.165, 1.54) is 76.5 Å². The molecule has 0 bridgehead atoms. The second-order valence-electron chi connectivity index (χ2n) is 13.4. The lowest BCUT2D eigenvalue weighted by atomic mass is 10.0. The molecule has 238 valence electrons. The molecule has 11 aromatic rings. The summed E-state index contributed by atoms with van der Waals surface area (Å²) in [5.74, 6) is 0. The van der Waals surface area contributed by atoms with E-state index in [0.717, 1.165) is 17.1 Å². The van der Waals surface area contributed by atoms with Gasteiger partial charge in [0, 0.05) is 49.4 Å². The Morgan fingerprint density at radius 3 is 1.53 bits per heavy atom. The molecule has 0 aliphatic carbocycles. The highest BCUT2D eigenvalue weighted by Crippen LogP contribution is 2.43. The maximum absolute atomic E-state index is 2.48. The smallest absolute Gasteiger partial charge is 0.0641 e. The fourth-order valence-corrected chi connectivity index (χ4v) is 8.46. The van der Waals surface area contributed by atoms with Gasteiger partial charge in [-0.25, -0.2) is 0 Å². The van der Waals surface area contributed by atoms with Gasteiger partial charge < -0.3 is 13.7 Å². The fourth-order valence-electron chi connectivity index (χ4n) is 8.46. The topological polar surface area (TPSA) is 14.8 Å². The number of para-hydroxylation sites is 4. The number of aromatic nitrogens is 3. The van der Waals surface area contributed by atoms with Gasteiger partial charge >= 0.3 is 0 Å². The van der Waals surface area contributed by atoms with Gasteiger partial charge in [-0.15, -0.1) is 0 Å². The van der Waals surface area contributed by atoms with Crippen molar-refractivity contribution in [3.05, 3.63) is 188 Å². The van der Waals surface area contributed by atoms with Crippen molar-refractivity contribution in [1.29, 1.82) is 0 Å². The highest BCUT2D eigenvalue weighted by Gasteiger charge is 2.22. The van der Waals surface area contributed by atoms with E-state index in [4.69, 9.17) is 0 Å². The molecular formula is C48H31N3. The number of benzene rings is 8. The van der Waals surface area contributed by atoms with Crippen LogP contribution in [0.3, 0.4) is 0 Å². The highest BCUT2D eigenvalue weighted by atomic mass is 15.0.